The molecule has 0 aromatic heterocycles. The molecular weight excluding hydrogens is 258 g/mol. The largest absolute Gasteiger partial charge is 0.443 e. The summed E-state index contributed by atoms with van der Waals surface area (Å²) in [6, 6.07) is 6.11. The van der Waals surface area contributed by atoms with Crippen molar-refractivity contribution >= 4 is 22.0 Å². The summed E-state index contributed by atoms with van der Waals surface area (Å²) in [7, 11) is 0. The summed E-state index contributed by atoms with van der Waals surface area (Å²) < 4.78 is 6.19. The lowest BCUT2D eigenvalue weighted by Crippen LogP contribution is -2.34. The van der Waals surface area contributed by atoms with Gasteiger partial charge in [-0.2, -0.15) is 0 Å². The van der Waals surface area contributed by atoms with E-state index in [1.165, 1.54) is 11.1 Å². The second kappa shape index (κ2) is 3.52. The van der Waals surface area contributed by atoms with Crippen LogP contribution in [0.5, 0.6) is 0 Å². The van der Waals surface area contributed by atoms with Gasteiger partial charge in [-0.15, -0.1) is 0 Å². The van der Waals surface area contributed by atoms with Crippen molar-refractivity contribution in [2.75, 3.05) is 0 Å². The number of nitrogens with two attached hydrogens (primary N) is 1. The minimum atomic E-state index is -0.704. The predicted octanol–water partition coefficient (Wildman–Crippen LogP) is 2.40. The molecule has 1 unspecified atom stereocenters. The number of hydrogen-bond acceptors (Lipinski definition) is 2. The molecule has 1 aromatic carbocycles. The van der Waals surface area contributed by atoms with Crippen LogP contribution in [-0.2, 0) is 17.6 Å². The number of ether oxygens (including phenoxy) is 1. The van der Waals surface area contributed by atoms with E-state index in [1.54, 1.807) is 0 Å². The van der Waals surface area contributed by atoms with E-state index < -0.39 is 11.7 Å². The van der Waals surface area contributed by atoms with Gasteiger partial charge < -0.3 is 10.5 Å². The zero-order chi connectivity index (χ0) is 11.1. The lowest BCUT2D eigenvalue weighted by Gasteiger charge is -2.22. The van der Waals surface area contributed by atoms with Crippen LogP contribution in [0.1, 0.15) is 18.1 Å². The molecule has 1 aromatic rings. The Morgan fingerprint density at radius 3 is 2.80 bits per heavy atom. The molecule has 0 saturated carbocycles. The maximum absolute atomic E-state index is 10.8. The zero-order valence-electron chi connectivity index (χ0n) is 8.42. The number of primary amides is 1. The molecule has 0 heterocycles. The molecule has 0 fully saturated rings. The van der Waals surface area contributed by atoms with Gasteiger partial charge in [0.05, 0.1) is 0 Å². The monoisotopic (exact) mass is 269 g/mol. The normalized spacial score (nSPS) is 23.6. The van der Waals surface area contributed by atoms with Crippen LogP contribution in [0.2, 0.25) is 0 Å². The second-order valence-corrected chi connectivity index (χ2v) is 5.05. The Kier molecular flexibility index (Phi) is 2.46. The van der Waals surface area contributed by atoms with Gasteiger partial charge >= 0.3 is 6.09 Å². The topological polar surface area (TPSA) is 52.3 Å². The summed E-state index contributed by atoms with van der Waals surface area (Å²) in [6.45, 7) is 1.91. The van der Waals surface area contributed by atoms with E-state index in [2.05, 4.69) is 28.1 Å². The molecule has 0 spiro atoms. The van der Waals surface area contributed by atoms with Gasteiger partial charge in [0.15, 0.2) is 0 Å². The van der Waals surface area contributed by atoms with E-state index in [0.717, 1.165) is 17.3 Å². The van der Waals surface area contributed by atoms with Gasteiger partial charge in [-0.1, -0.05) is 22.0 Å². The fourth-order valence-electron chi connectivity index (χ4n) is 2.11. The van der Waals surface area contributed by atoms with Crippen molar-refractivity contribution < 1.29 is 9.53 Å². The van der Waals surface area contributed by atoms with Gasteiger partial charge in [0, 0.05) is 17.3 Å². The number of fused-ring (bicyclic) bond motifs is 1. The van der Waals surface area contributed by atoms with E-state index in [0.29, 0.717) is 0 Å². The number of carbonyl (C=O) groups is 1. The van der Waals surface area contributed by atoms with Gasteiger partial charge in [-0.25, -0.2) is 4.79 Å². The first-order chi connectivity index (χ1) is 6.98. The van der Waals surface area contributed by atoms with E-state index in [4.69, 9.17) is 10.5 Å². The van der Waals surface area contributed by atoms with Crippen molar-refractivity contribution in [2.45, 2.75) is 25.4 Å². The molecule has 1 aliphatic rings. The average Bonchev–Trinajstić information content (AvgIpc) is 2.38. The van der Waals surface area contributed by atoms with E-state index in [-0.39, 0.29) is 0 Å². The van der Waals surface area contributed by atoms with Crippen LogP contribution in [0.15, 0.2) is 22.7 Å². The van der Waals surface area contributed by atoms with Crippen LogP contribution in [0.25, 0.3) is 0 Å². The molecule has 15 heavy (non-hydrogen) atoms. The number of benzene rings is 1. The van der Waals surface area contributed by atoms with E-state index >= 15 is 0 Å². The summed E-state index contributed by atoms with van der Waals surface area (Å²) in [6.07, 6.45) is 0.757. The van der Waals surface area contributed by atoms with Crippen molar-refractivity contribution in [3.63, 3.8) is 0 Å². The van der Waals surface area contributed by atoms with Crippen LogP contribution >= 0.6 is 15.9 Å². The third-order valence-corrected chi connectivity index (χ3v) is 3.14. The number of rotatable bonds is 1. The van der Waals surface area contributed by atoms with Crippen molar-refractivity contribution in [1.29, 1.82) is 0 Å². The molecule has 2 rings (SSSR count). The van der Waals surface area contributed by atoms with Crippen molar-refractivity contribution in [3.05, 3.63) is 33.8 Å². The quantitative estimate of drug-likeness (QED) is 0.851. The number of amides is 1. The Balaban J connectivity index is 2.24. The Bertz CT molecular complexity index is 419. The molecule has 2 N–H and O–H groups in total. The number of carbonyl (C=O) groups excluding carboxylic acids is 1. The standard InChI is InChI=1S/C11H12BrNO2/c1-11(15-10(13)14)5-7-2-3-9(12)4-8(7)6-11/h2-4H,5-6H2,1H3,(H2,13,14). The summed E-state index contributed by atoms with van der Waals surface area (Å²) in [5.74, 6) is 0. The average molecular weight is 270 g/mol. The van der Waals surface area contributed by atoms with Crippen molar-refractivity contribution in [3.8, 4) is 0 Å². The minimum Gasteiger partial charge on any atom is -0.443 e. The summed E-state index contributed by atoms with van der Waals surface area (Å²) >= 11 is 3.42. The number of hydrogen-bond donors (Lipinski definition) is 1. The zero-order valence-corrected chi connectivity index (χ0v) is 10.0. The number of halogens is 1. The SMILES string of the molecule is CC1(OC(N)=O)Cc2ccc(Br)cc2C1. The molecule has 1 aliphatic carbocycles. The van der Waals surface area contributed by atoms with Crippen LogP contribution in [0, 0.1) is 0 Å². The second-order valence-electron chi connectivity index (χ2n) is 4.14. The first-order valence-electron chi connectivity index (χ1n) is 4.74. The molecule has 0 bridgehead atoms. The minimum absolute atomic E-state index is 0.477. The van der Waals surface area contributed by atoms with E-state index in [1.807, 2.05) is 13.0 Å². The first-order valence-corrected chi connectivity index (χ1v) is 5.54. The molecule has 0 radical (unpaired) electrons. The highest BCUT2D eigenvalue weighted by molar-refractivity contribution is 9.10. The van der Waals surface area contributed by atoms with Crippen molar-refractivity contribution in [2.24, 2.45) is 5.73 Å². The van der Waals surface area contributed by atoms with Gasteiger partial charge in [0.1, 0.15) is 5.60 Å². The highest BCUT2D eigenvalue weighted by Crippen LogP contribution is 2.34. The summed E-state index contributed by atoms with van der Waals surface area (Å²) in [4.78, 5) is 10.8. The van der Waals surface area contributed by atoms with Crippen LogP contribution in [0.3, 0.4) is 0 Å². The molecule has 80 valence electrons. The third-order valence-electron chi connectivity index (χ3n) is 2.64. The predicted molar refractivity (Wildman–Crippen MR) is 60.6 cm³/mol. The molecule has 1 amide bonds. The van der Waals surface area contributed by atoms with Gasteiger partial charge in [0.2, 0.25) is 0 Å². The molecule has 4 heteroatoms. The fourth-order valence-corrected chi connectivity index (χ4v) is 2.52. The Morgan fingerprint density at radius 1 is 1.47 bits per heavy atom. The summed E-state index contributed by atoms with van der Waals surface area (Å²) in [5, 5.41) is 0. The van der Waals surface area contributed by atoms with Crippen LogP contribution in [0.4, 0.5) is 4.79 Å². The van der Waals surface area contributed by atoms with Crippen LogP contribution in [-0.4, -0.2) is 11.7 Å². The van der Waals surface area contributed by atoms with Crippen LogP contribution < -0.4 is 5.73 Å². The Hall–Kier alpha value is -1.03. The first kappa shape index (κ1) is 10.5. The molecular formula is C11H12BrNO2. The molecule has 1 atom stereocenters. The third kappa shape index (κ3) is 2.15. The highest BCUT2D eigenvalue weighted by atomic mass is 79.9. The molecule has 0 aliphatic heterocycles. The van der Waals surface area contributed by atoms with Gasteiger partial charge in [0.25, 0.3) is 0 Å². The lowest BCUT2D eigenvalue weighted by atomic mass is 10.0. The molecule has 0 saturated heterocycles. The lowest BCUT2D eigenvalue weighted by molar-refractivity contribution is 0.0395. The Labute approximate surface area is 96.7 Å². The smallest absolute Gasteiger partial charge is 0.405 e. The molecule has 3 nitrogen and oxygen atoms in total. The summed E-state index contributed by atoms with van der Waals surface area (Å²) in [5.41, 5.74) is 7.01. The van der Waals surface area contributed by atoms with E-state index in [9.17, 15) is 4.79 Å². The highest BCUT2D eigenvalue weighted by Gasteiger charge is 2.35. The van der Waals surface area contributed by atoms with Gasteiger partial charge in [-0.3, -0.25) is 0 Å². The fraction of sp³-hybridized carbons (Fsp3) is 0.364. The maximum atomic E-state index is 10.8. The van der Waals surface area contributed by atoms with Crippen molar-refractivity contribution in [1.82, 2.24) is 0 Å². The Morgan fingerprint density at radius 2 is 2.13 bits per heavy atom. The van der Waals surface area contributed by atoms with Gasteiger partial charge in [-0.05, 0) is 30.2 Å². The maximum Gasteiger partial charge on any atom is 0.405 e.